The Morgan fingerprint density at radius 1 is 0.848 bits per heavy atom. The number of carbonyl (C=O) groups excluding carboxylic acids is 2. The summed E-state index contributed by atoms with van der Waals surface area (Å²) in [6.45, 7) is 3.86. The van der Waals surface area contributed by atoms with E-state index in [0.29, 0.717) is 49.1 Å². The molecule has 3 N–H and O–H groups in total. The lowest BCUT2D eigenvalue weighted by Gasteiger charge is -2.43. The first-order valence-electron chi connectivity index (χ1n) is 16.5. The Labute approximate surface area is 270 Å². The van der Waals surface area contributed by atoms with Gasteiger partial charge in [-0.1, -0.05) is 54.6 Å². The fourth-order valence-electron chi connectivity index (χ4n) is 6.99. The van der Waals surface area contributed by atoms with Crippen molar-refractivity contribution in [3.8, 4) is 5.75 Å². The first kappa shape index (κ1) is 31.6. The van der Waals surface area contributed by atoms with Crippen molar-refractivity contribution in [3.63, 3.8) is 0 Å². The highest BCUT2D eigenvalue weighted by Gasteiger charge is 2.37. The van der Waals surface area contributed by atoms with Crippen LogP contribution >= 0.6 is 0 Å². The summed E-state index contributed by atoms with van der Waals surface area (Å²) in [4.78, 5) is 39.4. The van der Waals surface area contributed by atoms with Crippen molar-refractivity contribution >= 4 is 18.0 Å². The van der Waals surface area contributed by atoms with E-state index in [1.54, 1.807) is 12.1 Å². The first-order chi connectivity index (χ1) is 22.4. The number of carbonyl (C=O) groups is 3. The largest absolute Gasteiger partial charge is 0.489 e. The molecule has 2 atom stereocenters. The zero-order valence-electron chi connectivity index (χ0n) is 26.1. The minimum atomic E-state index is -0.718. The molecule has 46 heavy (non-hydrogen) atoms. The van der Waals surface area contributed by atoms with Crippen LogP contribution in [0.4, 0.5) is 4.79 Å². The predicted molar refractivity (Wildman–Crippen MR) is 173 cm³/mol. The van der Waals surface area contributed by atoms with Gasteiger partial charge in [-0.2, -0.15) is 0 Å². The van der Waals surface area contributed by atoms with Crippen molar-refractivity contribution < 1.29 is 29.0 Å². The van der Waals surface area contributed by atoms with E-state index in [4.69, 9.17) is 9.47 Å². The van der Waals surface area contributed by atoms with Crippen LogP contribution < -0.4 is 15.4 Å². The highest BCUT2D eigenvalue weighted by atomic mass is 16.6. The molecule has 2 bridgehead atoms. The van der Waals surface area contributed by atoms with Crippen LogP contribution in [0.5, 0.6) is 5.75 Å². The second-order valence-corrected chi connectivity index (χ2v) is 12.9. The molecule has 0 radical (unpaired) electrons. The average molecular weight is 626 g/mol. The fourth-order valence-corrected chi connectivity index (χ4v) is 6.99. The summed E-state index contributed by atoms with van der Waals surface area (Å²) in [6.07, 6.45) is 4.65. The molecule has 4 aliphatic rings. The molecule has 3 aliphatic heterocycles. The van der Waals surface area contributed by atoms with Crippen LogP contribution in [-0.2, 0) is 16.1 Å². The Bertz CT molecular complexity index is 1480. The summed E-state index contributed by atoms with van der Waals surface area (Å²) in [7, 11) is 0. The van der Waals surface area contributed by atoms with Gasteiger partial charge in [0.15, 0.2) is 0 Å². The molecule has 0 spiro atoms. The van der Waals surface area contributed by atoms with Crippen LogP contribution in [0.15, 0.2) is 78.9 Å². The molecule has 1 saturated carbocycles. The van der Waals surface area contributed by atoms with Crippen molar-refractivity contribution in [2.45, 2.75) is 57.3 Å². The number of alkyl carbamates (subject to hydrolysis) is 1. The van der Waals surface area contributed by atoms with Crippen LogP contribution in [0.1, 0.15) is 71.6 Å². The quantitative estimate of drug-likeness (QED) is 0.247. The van der Waals surface area contributed by atoms with Gasteiger partial charge in [-0.15, -0.1) is 0 Å². The van der Waals surface area contributed by atoms with Crippen LogP contribution in [-0.4, -0.2) is 60.3 Å². The maximum absolute atomic E-state index is 13.1. The normalized spacial score (nSPS) is 24.4. The highest BCUT2D eigenvalue weighted by molar-refractivity contribution is 5.94. The van der Waals surface area contributed by atoms with E-state index in [1.165, 1.54) is 0 Å². The predicted octanol–water partition coefficient (Wildman–Crippen LogP) is 5.80. The molecule has 9 heteroatoms. The van der Waals surface area contributed by atoms with E-state index < -0.39 is 18.1 Å². The van der Waals surface area contributed by atoms with Gasteiger partial charge in [-0.05, 0) is 104 Å². The smallest absolute Gasteiger partial charge is 0.408 e. The number of piperidine rings is 3. The lowest BCUT2D eigenvalue weighted by atomic mass is 9.82. The molecule has 9 nitrogen and oxygen atoms in total. The monoisotopic (exact) mass is 625 g/mol. The third kappa shape index (κ3) is 8.07. The number of fused-ring (bicyclic) bond motifs is 3. The average Bonchev–Trinajstić information content (AvgIpc) is 3.10. The summed E-state index contributed by atoms with van der Waals surface area (Å²) < 4.78 is 12.1. The number of carboxylic acids is 1. The van der Waals surface area contributed by atoms with Crippen LogP contribution in [0.25, 0.3) is 0 Å². The number of benzene rings is 3. The highest BCUT2D eigenvalue weighted by Crippen LogP contribution is 2.31. The molecule has 4 fully saturated rings. The maximum atomic E-state index is 13.1. The zero-order valence-corrected chi connectivity index (χ0v) is 26.1. The molecule has 3 heterocycles. The number of aliphatic carboxylic acids is 1. The molecular weight excluding hydrogens is 582 g/mol. The number of hydrogen-bond acceptors (Lipinski definition) is 6. The summed E-state index contributed by atoms with van der Waals surface area (Å²) >= 11 is 0. The molecule has 7 rings (SSSR count). The minimum absolute atomic E-state index is 0.0727. The van der Waals surface area contributed by atoms with Crippen LogP contribution in [0.3, 0.4) is 0 Å². The minimum Gasteiger partial charge on any atom is -0.489 e. The number of ether oxygens (including phenoxy) is 2. The van der Waals surface area contributed by atoms with Gasteiger partial charge < -0.3 is 25.2 Å². The van der Waals surface area contributed by atoms with Gasteiger partial charge in [0.25, 0.3) is 5.91 Å². The second kappa shape index (κ2) is 14.8. The second-order valence-electron chi connectivity index (χ2n) is 12.9. The SMILES string of the molecule is O=C(NC(c1ccccc1)c1cccc(OCc2ccc(C(=O)NCC3CCC(C(=O)O)CC3)cc2)c1)OC1CN2CCC1CC2. The van der Waals surface area contributed by atoms with E-state index in [2.05, 4.69) is 15.5 Å². The Kier molecular flexibility index (Phi) is 10.2. The number of nitrogens with one attached hydrogen (secondary N) is 2. The third-order valence-electron chi connectivity index (χ3n) is 9.81. The Hall–Kier alpha value is -4.37. The Morgan fingerprint density at radius 2 is 1.57 bits per heavy atom. The number of nitrogens with zero attached hydrogens (tertiary/aromatic N) is 1. The van der Waals surface area contributed by atoms with Gasteiger partial charge in [-0.25, -0.2) is 4.79 Å². The molecular formula is C37H43N3O6. The molecule has 3 aromatic rings. The van der Waals surface area contributed by atoms with Gasteiger partial charge in [0.1, 0.15) is 18.5 Å². The van der Waals surface area contributed by atoms with Crippen LogP contribution in [0.2, 0.25) is 0 Å². The van der Waals surface area contributed by atoms with E-state index in [9.17, 15) is 19.5 Å². The summed E-state index contributed by atoms with van der Waals surface area (Å²) in [5.74, 6) is 0.315. The summed E-state index contributed by atoms with van der Waals surface area (Å²) in [6, 6.07) is 24.5. The Balaban J connectivity index is 1.03. The van der Waals surface area contributed by atoms with E-state index in [0.717, 1.165) is 62.0 Å². The fraction of sp³-hybridized carbons (Fsp3) is 0.432. The maximum Gasteiger partial charge on any atom is 0.408 e. The molecule has 2 amide bonds. The van der Waals surface area contributed by atoms with Gasteiger partial charge in [0.2, 0.25) is 0 Å². The van der Waals surface area contributed by atoms with Crippen molar-refractivity contribution in [2.24, 2.45) is 17.8 Å². The lowest BCUT2D eigenvalue weighted by Crippen LogP contribution is -2.52. The molecule has 3 aromatic carbocycles. The molecule has 242 valence electrons. The van der Waals surface area contributed by atoms with Gasteiger partial charge in [0.05, 0.1) is 12.0 Å². The number of rotatable bonds is 11. The molecule has 1 aliphatic carbocycles. The first-order valence-corrected chi connectivity index (χ1v) is 16.5. The molecule has 3 saturated heterocycles. The van der Waals surface area contributed by atoms with Gasteiger partial charge in [-0.3, -0.25) is 14.5 Å². The number of hydrogen-bond donors (Lipinski definition) is 3. The topological polar surface area (TPSA) is 117 Å². The zero-order chi connectivity index (χ0) is 31.9. The standard InChI is InChI=1S/C37H43N3O6/c41-35(38-22-25-9-15-30(16-10-25)36(42)43)29-13-11-26(12-14-29)24-45-32-8-4-7-31(21-32)34(28-5-2-1-3-6-28)39-37(44)46-33-23-40-19-17-27(33)18-20-40/h1-8,11-14,21,25,27,30,33-34H,9-10,15-20,22-24H2,(H,38,41)(H,39,44)(H,42,43). The van der Waals surface area contributed by atoms with Crippen molar-refractivity contribution in [1.29, 1.82) is 0 Å². The van der Waals surface area contributed by atoms with Crippen molar-refractivity contribution in [3.05, 3.63) is 101 Å². The van der Waals surface area contributed by atoms with E-state index in [-0.39, 0.29) is 17.9 Å². The van der Waals surface area contributed by atoms with E-state index in [1.807, 2.05) is 66.7 Å². The lowest BCUT2D eigenvalue weighted by molar-refractivity contribution is -0.143. The van der Waals surface area contributed by atoms with Crippen molar-refractivity contribution in [2.75, 3.05) is 26.2 Å². The number of carboxylic acid groups (broad SMARTS) is 1. The summed E-state index contributed by atoms with van der Waals surface area (Å²) in [5.41, 5.74) is 3.34. The van der Waals surface area contributed by atoms with Gasteiger partial charge in [0, 0.05) is 18.7 Å². The van der Waals surface area contributed by atoms with E-state index >= 15 is 0 Å². The molecule has 2 unspecified atom stereocenters. The van der Waals surface area contributed by atoms with Gasteiger partial charge >= 0.3 is 12.1 Å². The number of amides is 2. The summed E-state index contributed by atoms with van der Waals surface area (Å²) in [5, 5.41) is 15.3. The Morgan fingerprint density at radius 3 is 2.24 bits per heavy atom. The van der Waals surface area contributed by atoms with Crippen LogP contribution in [0, 0.1) is 17.8 Å². The molecule has 0 aromatic heterocycles. The van der Waals surface area contributed by atoms with Crippen molar-refractivity contribution in [1.82, 2.24) is 15.5 Å². The third-order valence-corrected chi connectivity index (χ3v) is 9.81.